The number of amides is 1. The van der Waals surface area contributed by atoms with E-state index in [9.17, 15) is 4.79 Å². The fraction of sp³-hybridized carbons (Fsp3) is 0.222. The van der Waals surface area contributed by atoms with Crippen molar-refractivity contribution in [1.82, 2.24) is 5.43 Å². The molecule has 0 bridgehead atoms. The topological polar surface area (TPSA) is 50.7 Å². The van der Waals surface area contributed by atoms with E-state index in [2.05, 4.69) is 55.7 Å². The van der Waals surface area contributed by atoms with Crippen LogP contribution in [0.25, 0.3) is 0 Å². The fourth-order valence-corrected chi connectivity index (χ4v) is 4.07. The molecule has 2 aromatic carbocycles. The molecule has 0 aromatic heterocycles. The molecular formula is C18H18I2N2O2. The summed E-state index contributed by atoms with van der Waals surface area (Å²) in [6.45, 7) is 4.01. The second-order valence-corrected chi connectivity index (χ2v) is 7.76. The minimum atomic E-state index is -0.137. The predicted octanol–water partition coefficient (Wildman–Crippen LogP) is 4.38. The van der Waals surface area contributed by atoms with Gasteiger partial charge in [0.05, 0.1) is 25.9 Å². The number of carbonyl (C=O) groups excluding carboxylic acids is 1. The summed E-state index contributed by atoms with van der Waals surface area (Å²) in [5.41, 5.74) is 4.44. The third kappa shape index (κ3) is 6.04. The largest absolute Gasteiger partial charge is 0.489 e. The van der Waals surface area contributed by atoms with Gasteiger partial charge in [-0.2, -0.15) is 5.10 Å². The highest BCUT2D eigenvalue weighted by molar-refractivity contribution is 14.1. The zero-order valence-electron chi connectivity index (χ0n) is 13.4. The number of hydrogen-bond donors (Lipinski definition) is 1. The minimum Gasteiger partial charge on any atom is -0.489 e. The Morgan fingerprint density at radius 3 is 2.42 bits per heavy atom. The molecule has 0 radical (unpaired) electrons. The summed E-state index contributed by atoms with van der Waals surface area (Å²) in [5.74, 6) is 0.748. The average Bonchev–Trinajstić information content (AvgIpc) is 2.52. The van der Waals surface area contributed by atoms with Crippen molar-refractivity contribution in [2.45, 2.75) is 26.4 Å². The van der Waals surface area contributed by atoms with Gasteiger partial charge in [-0.1, -0.05) is 30.3 Å². The van der Waals surface area contributed by atoms with E-state index in [4.69, 9.17) is 4.74 Å². The van der Waals surface area contributed by atoms with Crippen molar-refractivity contribution in [1.29, 1.82) is 0 Å². The van der Waals surface area contributed by atoms with Gasteiger partial charge in [0.15, 0.2) is 0 Å². The molecule has 6 heteroatoms. The second kappa shape index (κ2) is 9.36. The van der Waals surface area contributed by atoms with Gasteiger partial charge >= 0.3 is 0 Å². The number of nitrogens with one attached hydrogen (secondary N) is 1. The van der Waals surface area contributed by atoms with Gasteiger partial charge in [0.25, 0.3) is 0 Å². The quantitative estimate of drug-likeness (QED) is 0.331. The van der Waals surface area contributed by atoms with E-state index in [0.717, 1.165) is 24.0 Å². The molecule has 0 fully saturated rings. The van der Waals surface area contributed by atoms with Crippen LogP contribution in [0, 0.1) is 7.14 Å². The van der Waals surface area contributed by atoms with Gasteiger partial charge in [-0.25, -0.2) is 5.43 Å². The summed E-state index contributed by atoms with van der Waals surface area (Å²) in [6.07, 6.45) is 2.09. The van der Waals surface area contributed by atoms with Crippen molar-refractivity contribution in [2.75, 3.05) is 0 Å². The van der Waals surface area contributed by atoms with Gasteiger partial charge in [0.1, 0.15) is 5.75 Å². The molecular weight excluding hydrogens is 530 g/mol. The molecule has 4 nitrogen and oxygen atoms in total. The van der Waals surface area contributed by atoms with E-state index >= 15 is 0 Å². The van der Waals surface area contributed by atoms with Gasteiger partial charge < -0.3 is 4.74 Å². The van der Waals surface area contributed by atoms with Crippen LogP contribution < -0.4 is 10.2 Å². The first-order valence-corrected chi connectivity index (χ1v) is 9.63. The molecule has 0 unspecified atom stereocenters. The third-order valence-corrected chi connectivity index (χ3v) is 4.59. The molecule has 0 aliphatic carbocycles. The zero-order chi connectivity index (χ0) is 17.5. The van der Waals surface area contributed by atoms with Crippen LogP contribution in [0.4, 0.5) is 0 Å². The first kappa shape index (κ1) is 19.2. The van der Waals surface area contributed by atoms with Crippen LogP contribution in [0.2, 0.25) is 0 Å². The molecule has 0 atom stereocenters. The molecule has 1 N–H and O–H groups in total. The lowest BCUT2D eigenvalue weighted by atomic mass is 10.1. The highest BCUT2D eigenvalue weighted by atomic mass is 127. The van der Waals surface area contributed by atoms with Crippen molar-refractivity contribution in [3.05, 3.63) is 60.7 Å². The molecule has 2 rings (SSSR count). The summed E-state index contributed by atoms with van der Waals surface area (Å²) in [5, 5.41) is 4.04. The van der Waals surface area contributed by atoms with E-state index in [1.165, 1.54) is 0 Å². The number of hydrazone groups is 1. The van der Waals surface area contributed by atoms with Crippen molar-refractivity contribution < 1.29 is 9.53 Å². The van der Waals surface area contributed by atoms with Gasteiger partial charge in [0.2, 0.25) is 5.91 Å². The second-order valence-electron chi connectivity index (χ2n) is 5.44. The molecule has 126 valence electrons. The maximum atomic E-state index is 11.9. The van der Waals surface area contributed by atoms with E-state index in [-0.39, 0.29) is 12.0 Å². The van der Waals surface area contributed by atoms with Crippen molar-refractivity contribution in [2.24, 2.45) is 5.10 Å². The zero-order valence-corrected chi connectivity index (χ0v) is 17.7. The van der Waals surface area contributed by atoms with E-state index in [0.29, 0.717) is 6.42 Å². The summed E-state index contributed by atoms with van der Waals surface area (Å²) in [4.78, 5) is 11.9. The van der Waals surface area contributed by atoms with Crippen LogP contribution in [0.5, 0.6) is 5.75 Å². The highest BCUT2D eigenvalue weighted by Gasteiger charge is 2.10. The Morgan fingerprint density at radius 2 is 1.83 bits per heavy atom. The highest BCUT2D eigenvalue weighted by Crippen LogP contribution is 2.29. The minimum absolute atomic E-state index is 0.129. The molecule has 2 aromatic rings. The summed E-state index contributed by atoms with van der Waals surface area (Å²) in [6, 6.07) is 13.5. The summed E-state index contributed by atoms with van der Waals surface area (Å²) >= 11 is 4.49. The van der Waals surface area contributed by atoms with Gasteiger partial charge in [-0.15, -0.1) is 0 Å². The lowest BCUT2D eigenvalue weighted by molar-refractivity contribution is -0.120. The van der Waals surface area contributed by atoms with Crippen LogP contribution in [-0.4, -0.2) is 18.2 Å². The van der Waals surface area contributed by atoms with E-state index < -0.39 is 0 Å². The SMILES string of the molecule is CC(C)Oc1c(I)cc(/C=N/NC(=O)Cc2ccccc2)cc1I. The van der Waals surface area contributed by atoms with Gasteiger partial charge in [0, 0.05) is 0 Å². The number of benzene rings is 2. The number of halogens is 2. The Morgan fingerprint density at radius 1 is 1.21 bits per heavy atom. The molecule has 24 heavy (non-hydrogen) atoms. The van der Waals surface area contributed by atoms with Gasteiger partial charge in [-0.05, 0) is 82.3 Å². The Hall–Kier alpha value is -1.16. The van der Waals surface area contributed by atoms with Crippen LogP contribution in [0.15, 0.2) is 47.6 Å². The predicted molar refractivity (Wildman–Crippen MR) is 114 cm³/mol. The van der Waals surface area contributed by atoms with Crippen LogP contribution in [0.1, 0.15) is 25.0 Å². The van der Waals surface area contributed by atoms with Crippen LogP contribution in [-0.2, 0) is 11.2 Å². The summed E-state index contributed by atoms with van der Waals surface area (Å²) in [7, 11) is 0. The molecule has 1 amide bonds. The maximum Gasteiger partial charge on any atom is 0.244 e. The first-order valence-electron chi connectivity index (χ1n) is 7.47. The molecule has 0 saturated carbocycles. The Bertz CT molecular complexity index is 708. The number of carbonyl (C=O) groups is 1. The Balaban J connectivity index is 1.98. The van der Waals surface area contributed by atoms with Crippen molar-refractivity contribution in [3.63, 3.8) is 0 Å². The number of rotatable bonds is 6. The number of hydrogen-bond acceptors (Lipinski definition) is 3. The fourth-order valence-electron chi connectivity index (χ4n) is 2.00. The van der Waals surface area contributed by atoms with E-state index in [1.54, 1.807) is 6.21 Å². The third-order valence-electron chi connectivity index (χ3n) is 2.98. The lowest BCUT2D eigenvalue weighted by Crippen LogP contribution is -2.19. The number of ether oxygens (including phenoxy) is 1. The first-order chi connectivity index (χ1) is 11.5. The normalized spacial score (nSPS) is 11.0. The summed E-state index contributed by atoms with van der Waals surface area (Å²) < 4.78 is 7.85. The van der Waals surface area contributed by atoms with Gasteiger partial charge in [-0.3, -0.25) is 4.79 Å². The molecule has 0 heterocycles. The monoisotopic (exact) mass is 548 g/mol. The maximum absolute atomic E-state index is 11.9. The standard InChI is InChI=1S/C18H18I2N2O2/c1-12(2)24-18-15(19)8-14(9-16(18)20)11-21-22-17(23)10-13-6-4-3-5-7-13/h3-9,11-12H,10H2,1-2H3,(H,22,23)/b21-11+. The van der Waals surface area contributed by atoms with Crippen LogP contribution in [0.3, 0.4) is 0 Å². The molecule has 0 aliphatic rings. The van der Waals surface area contributed by atoms with Crippen molar-refractivity contribution in [3.8, 4) is 5.75 Å². The number of nitrogens with zero attached hydrogens (tertiary/aromatic N) is 1. The van der Waals surface area contributed by atoms with Crippen molar-refractivity contribution >= 4 is 57.3 Å². The Labute approximate surface area is 169 Å². The average molecular weight is 548 g/mol. The van der Waals surface area contributed by atoms with E-state index in [1.807, 2.05) is 56.3 Å². The van der Waals surface area contributed by atoms with Crippen LogP contribution >= 0.6 is 45.2 Å². The molecule has 0 spiro atoms. The lowest BCUT2D eigenvalue weighted by Gasteiger charge is -2.14. The smallest absolute Gasteiger partial charge is 0.244 e. The molecule has 0 saturated heterocycles. The Kier molecular flexibility index (Phi) is 7.47. The molecule has 0 aliphatic heterocycles.